The SMILES string of the molecule is CNC(C)/C(C)=C/c1cc(Cl)ccc1OC(F)F. The van der Waals surface area contributed by atoms with Crippen LogP contribution in [-0.2, 0) is 0 Å². The van der Waals surface area contributed by atoms with Crippen LogP contribution < -0.4 is 10.1 Å². The lowest BCUT2D eigenvalue weighted by Gasteiger charge is -2.13. The molecule has 0 aromatic heterocycles. The number of nitrogens with one attached hydrogen (secondary N) is 1. The van der Waals surface area contributed by atoms with Crippen molar-refractivity contribution in [1.82, 2.24) is 5.32 Å². The van der Waals surface area contributed by atoms with Gasteiger partial charge in [-0.3, -0.25) is 0 Å². The molecule has 1 N–H and O–H groups in total. The summed E-state index contributed by atoms with van der Waals surface area (Å²) >= 11 is 5.86. The predicted molar refractivity (Wildman–Crippen MR) is 70.3 cm³/mol. The third kappa shape index (κ3) is 4.27. The molecule has 1 unspecified atom stereocenters. The smallest absolute Gasteiger partial charge is 0.387 e. The second-order valence-corrected chi connectivity index (χ2v) is 4.40. The molecule has 2 nitrogen and oxygen atoms in total. The fraction of sp³-hybridized carbons (Fsp3) is 0.385. The monoisotopic (exact) mass is 275 g/mol. The van der Waals surface area contributed by atoms with Crippen LogP contribution in [0, 0.1) is 0 Å². The van der Waals surface area contributed by atoms with Crippen molar-refractivity contribution < 1.29 is 13.5 Å². The quantitative estimate of drug-likeness (QED) is 0.878. The minimum atomic E-state index is -2.85. The molecule has 18 heavy (non-hydrogen) atoms. The van der Waals surface area contributed by atoms with Crippen molar-refractivity contribution in [2.24, 2.45) is 0 Å². The number of benzene rings is 1. The molecule has 0 amide bonds. The van der Waals surface area contributed by atoms with Crippen LogP contribution in [0.5, 0.6) is 5.75 Å². The average molecular weight is 276 g/mol. The average Bonchev–Trinajstić information content (AvgIpc) is 2.31. The van der Waals surface area contributed by atoms with E-state index in [0.717, 1.165) is 5.57 Å². The summed E-state index contributed by atoms with van der Waals surface area (Å²) in [4.78, 5) is 0. The van der Waals surface area contributed by atoms with Gasteiger partial charge in [0.1, 0.15) is 5.75 Å². The zero-order valence-corrected chi connectivity index (χ0v) is 11.3. The maximum Gasteiger partial charge on any atom is 0.387 e. The summed E-state index contributed by atoms with van der Waals surface area (Å²) in [5.41, 5.74) is 1.54. The van der Waals surface area contributed by atoms with Crippen LogP contribution in [0.25, 0.3) is 6.08 Å². The van der Waals surface area contributed by atoms with Gasteiger partial charge in [-0.25, -0.2) is 0 Å². The van der Waals surface area contributed by atoms with Gasteiger partial charge in [0, 0.05) is 16.6 Å². The van der Waals surface area contributed by atoms with Crippen LogP contribution in [0.3, 0.4) is 0 Å². The highest BCUT2D eigenvalue weighted by Crippen LogP contribution is 2.27. The van der Waals surface area contributed by atoms with E-state index >= 15 is 0 Å². The van der Waals surface area contributed by atoms with Crippen molar-refractivity contribution >= 4 is 17.7 Å². The van der Waals surface area contributed by atoms with Gasteiger partial charge < -0.3 is 10.1 Å². The molecule has 0 heterocycles. The molecule has 0 aliphatic carbocycles. The molecule has 1 aromatic carbocycles. The highest BCUT2D eigenvalue weighted by Gasteiger charge is 2.10. The number of alkyl halides is 2. The van der Waals surface area contributed by atoms with Crippen LogP contribution in [0.15, 0.2) is 23.8 Å². The normalized spacial score (nSPS) is 13.8. The summed E-state index contributed by atoms with van der Waals surface area (Å²) in [6, 6.07) is 4.71. The first-order chi connectivity index (χ1) is 8.43. The largest absolute Gasteiger partial charge is 0.434 e. The van der Waals surface area contributed by atoms with Gasteiger partial charge in [-0.2, -0.15) is 8.78 Å². The van der Waals surface area contributed by atoms with E-state index in [2.05, 4.69) is 10.1 Å². The Morgan fingerprint density at radius 2 is 2.11 bits per heavy atom. The number of hydrogen-bond acceptors (Lipinski definition) is 2. The van der Waals surface area contributed by atoms with Gasteiger partial charge in [0.25, 0.3) is 0 Å². The van der Waals surface area contributed by atoms with Crippen LogP contribution in [0.1, 0.15) is 19.4 Å². The third-order valence-electron chi connectivity index (χ3n) is 2.69. The van der Waals surface area contributed by atoms with Crippen molar-refractivity contribution in [1.29, 1.82) is 0 Å². The molecule has 0 fully saturated rings. The Hall–Kier alpha value is -1.13. The molecule has 1 atom stereocenters. The summed E-state index contributed by atoms with van der Waals surface area (Å²) in [5.74, 6) is 0.122. The van der Waals surface area contributed by atoms with E-state index in [-0.39, 0.29) is 11.8 Å². The lowest BCUT2D eigenvalue weighted by molar-refractivity contribution is -0.0499. The summed E-state index contributed by atoms with van der Waals surface area (Å²) in [6.07, 6.45) is 1.78. The Morgan fingerprint density at radius 1 is 1.44 bits per heavy atom. The van der Waals surface area contributed by atoms with Crippen molar-refractivity contribution in [3.05, 3.63) is 34.4 Å². The Labute approximate surface area is 111 Å². The second kappa shape index (κ2) is 6.71. The molecule has 0 radical (unpaired) electrons. The number of hydrogen-bond donors (Lipinski definition) is 1. The Balaban J connectivity index is 3.09. The molecular formula is C13H16ClF2NO. The van der Waals surface area contributed by atoms with Gasteiger partial charge in [-0.15, -0.1) is 0 Å². The van der Waals surface area contributed by atoms with E-state index in [1.807, 2.05) is 20.9 Å². The number of likely N-dealkylation sites (N-methyl/N-ethyl adjacent to an activating group) is 1. The molecule has 100 valence electrons. The van der Waals surface area contributed by atoms with Gasteiger partial charge in [0.15, 0.2) is 0 Å². The number of ether oxygens (including phenoxy) is 1. The molecule has 0 aliphatic heterocycles. The van der Waals surface area contributed by atoms with Crippen molar-refractivity contribution in [3.63, 3.8) is 0 Å². The van der Waals surface area contributed by atoms with Crippen molar-refractivity contribution in [2.75, 3.05) is 7.05 Å². The molecule has 5 heteroatoms. The molecule has 0 saturated carbocycles. The topological polar surface area (TPSA) is 21.3 Å². The molecule has 0 spiro atoms. The predicted octanol–water partition coefficient (Wildman–Crippen LogP) is 3.95. The van der Waals surface area contributed by atoms with Crippen LogP contribution in [0.2, 0.25) is 5.02 Å². The summed E-state index contributed by atoms with van der Waals surface area (Å²) in [5, 5.41) is 3.55. The van der Waals surface area contributed by atoms with E-state index in [9.17, 15) is 8.78 Å². The van der Waals surface area contributed by atoms with Gasteiger partial charge in [-0.1, -0.05) is 23.3 Å². The Bertz CT molecular complexity index is 435. The standard InChI is InChI=1S/C13H16ClF2NO/c1-8(9(2)17-3)6-10-7-11(14)4-5-12(10)18-13(15)16/h4-7,9,13,17H,1-3H3/b8-6+. The minimum absolute atomic E-state index is 0.122. The van der Waals surface area contributed by atoms with Gasteiger partial charge >= 0.3 is 6.61 Å². The second-order valence-electron chi connectivity index (χ2n) is 3.96. The van der Waals surface area contributed by atoms with Gasteiger partial charge in [0.2, 0.25) is 0 Å². The molecule has 0 aliphatic rings. The van der Waals surface area contributed by atoms with Crippen molar-refractivity contribution in [2.45, 2.75) is 26.5 Å². The number of halogens is 3. The van der Waals surface area contributed by atoms with E-state index in [1.165, 1.54) is 12.1 Å². The maximum absolute atomic E-state index is 12.3. The zero-order valence-electron chi connectivity index (χ0n) is 10.5. The minimum Gasteiger partial charge on any atom is -0.434 e. The van der Waals surface area contributed by atoms with Gasteiger partial charge in [-0.05, 0) is 39.1 Å². The molecular weight excluding hydrogens is 260 g/mol. The molecule has 0 bridgehead atoms. The maximum atomic E-state index is 12.3. The number of rotatable bonds is 5. The molecule has 0 saturated heterocycles. The highest BCUT2D eigenvalue weighted by molar-refractivity contribution is 6.30. The lowest BCUT2D eigenvalue weighted by atomic mass is 10.1. The van der Waals surface area contributed by atoms with Gasteiger partial charge in [0.05, 0.1) is 0 Å². The lowest BCUT2D eigenvalue weighted by Crippen LogP contribution is -2.22. The third-order valence-corrected chi connectivity index (χ3v) is 2.92. The Morgan fingerprint density at radius 3 is 2.67 bits per heavy atom. The first kappa shape index (κ1) is 14.9. The summed E-state index contributed by atoms with van der Waals surface area (Å²) in [6.45, 7) is 1.04. The van der Waals surface area contributed by atoms with Crippen LogP contribution in [-0.4, -0.2) is 19.7 Å². The molecule has 1 aromatic rings. The Kier molecular flexibility index (Phi) is 5.56. The summed E-state index contributed by atoms with van der Waals surface area (Å²) < 4.78 is 29.0. The molecule has 1 rings (SSSR count). The fourth-order valence-corrected chi connectivity index (χ4v) is 1.61. The first-order valence-electron chi connectivity index (χ1n) is 5.54. The van der Waals surface area contributed by atoms with E-state index < -0.39 is 6.61 Å². The highest BCUT2D eigenvalue weighted by atomic mass is 35.5. The van der Waals surface area contributed by atoms with Crippen LogP contribution >= 0.6 is 11.6 Å². The van der Waals surface area contributed by atoms with E-state index in [1.54, 1.807) is 12.1 Å². The van der Waals surface area contributed by atoms with E-state index in [0.29, 0.717) is 10.6 Å². The van der Waals surface area contributed by atoms with E-state index in [4.69, 9.17) is 11.6 Å². The summed E-state index contributed by atoms with van der Waals surface area (Å²) in [7, 11) is 1.83. The zero-order chi connectivity index (χ0) is 13.7. The van der Waals surface area contributed by atoms with Crippen molar-refractivity contribution in [3.8, 4) is 5.75 Å². The fourth-order valence-electron chi connectivity index (χ4n) is 1.43. The van der Waals surface area contributed by atoms with Crippen LogP contribution in [0.4, 0.5) is 8.78 Å². The first-order valence-corrected chi connectivity index (χ1v) is 5.91.